The fourth-order valence-electron chi connectivity index (χ4n) is 1.70. The molecule has 0 unspecified atom stereocenters. The van der Waals surface area contributed by atoms with Gasteiger partial charge in [0.2, 0.25) is 0 Å². The second-order valence-electron chi connectivity index (χ2n) is 7.29. The number of nitriles is 2. The first kappa shape index (κ1) is 43.5. The number of rotatable bonds is 10. The Bertz CT molecular complexity index is 667. The second kappa shape index (κ2) is 30.4. The van der Waals surface area contributed by atoms with Gasteiger partial charge in [0.1, 0.15) is 23.3 Å². The predicted molar refractivity (Wildman–Crippen MR) is 142 cm³/mol. The Hall–Kier alpha value is -1.61. The fourth-order valence-corrected chi connectivity index (χ4v) is 1.70. The van der Waals surface area contributed by atoms with E-state index in [9.17, 15) is 9.59 Å². The molecule has 0 aliphatic carbocycles. The van der Waals surface area contributed by atoms with Gasteiger partial charge in [-0.15, -0.1) is 0 Å². The molecule has 204 valence electrons. The van der Waals surface area contributed by atoms with Gasteiger partial charge in [-0.3, -0.25) is 8.42 Å². The van der Waals surface area contributed by atoms with Crippen molar-refractivity contribution >= 4 is 33.5 Å². The second-order valence-corrected chi connectivity index (χ2v) is 10.4. The van der Waals surface area contributed by atoms with Crippen molar-refractivity contribution in [3.8, 4) is 12.1 Å². The molecule has 35 heavy (non-hydrogen) atoms. The quantitative estimate of drug-likeness (QED) is 0.142. The third-order valence-corrected chi connectivity index (χ3v) is 3.97. The summed E-state index contributed by atoms with van der Waals surface area (Å²) in [7, 11) is -0.722. The molecule has 2 N–H and O–H groups in total. The van der Waals surface area contributed by atoms with Crippen molar-refractivity contribution in [1.29, 1.82) is 10.5 Å². The molecule has 0 aromatic carbocycles. The monoisotopic (exact) mass is 715 g/mol. The minimum Gasteiger partial charge on any atom is -0.461 e. The summed E-state index contributed by atoms with van der Waals surface area (Å²) in [4.78, 5) is 21.9. The average Bonchev–Trinajstić information content (AvgIpc) is 2.78. The maximum atomic E-state index is 11.0. The Kier molecular flexibility index (Phi) is 37.8. The van der Waals surface area contributed by atoms with E-state index in [-0.39, 0.29) is 53.8 Å². The zero-order valence-electron chi connectivity index (χ0n) is 22.4. The van der Waals surface area contributed by atoms with Crippen LogP contribution in [0.3, 0.4) is 0 Å². The van der Waals surface area contributed by atoms with E-state index < -0.39 is 11.9 Å². The average molecular weight is 716 g/mol. The summed E-state index contributed by atoms with van der Waals surface area (Å²) in [6, 6.07) is 3.31. The summed E-state index contributed by atoms with van der Waals surface area (Å²) in [5, 5.41) is 16.7. The first-order chi connectivity index (χ1) is 15.8. The van der Waals surface area contributed by atoms with Crippen LogP contribution in [0.4, 0.5) is 0 Å². The molecule has 0 aliphatic rings. The van der Waals surface area contributed by atoms with Crippen molar-refractivity contribution in [3.63, 3.8) is 0 Å². The molecule has 0 spiro atoms. The molecule has 11 heteroatoms. The van der Waals surface area contributed by atoms with Gasteiger partial charge in [0, 0.05) is 0 Å². The molecule has 0 fully saturated rings. The molecule has 0 heterocycles. The van der Waals surface area contributed by atoms with Crippen LogP contribution < -0.4 is 0 Å². The molecule has 0 radical (unpaired) electrons. The maximum Gasteiger partial charge on any atom is 2.00 e. The van der Waals surface area contributed by atoms with Crippen molar-refractivity contribution in [1.82, 2.24) is 0 Å². The molecule has 0 bridgehead atoms. The van der Waals surface area contributed by atoms with Gasteiger partial charge in [0.15, 0.2) is 21.6 Å². The van der Waals surface area contributed by atoms with Crippen LogP contribution in [0.15, 0.2) is 24.3 Å². The van der Waals surface area contributed by atoms with Crippen LogP contribution in [0.5, 0.6) is 0 Å². The fraction of sp³-hybridized carbons (Fsp3) is 0.667. The molecule has 0 rings (SSSR count). The minimum absolute atomic E-state index is 0. The van der Waals surface area contributed by atoms with Gasteiger partial charge in [-0.1, -0.05) is 66.5 Å². The molecule has 0 atom stereocenters. The number of ether oxygens (including phenoxy) is 2. The topological polar surface area (TPSA) is 143 Å². The third kappa shape index (κ3) is 37.1. The van der Waals surface area contributed by atoms with E-state index >= 15 is 0 Å². The van der Waals surface area contributed by atoms with E-state index in [1.807, 2.05) is 27.7 Å². The van der Waals surface area contributed by atoms with Gasteiger partial charge < -0.3 is 9.47 Å². The Morgan fingerprint density at radius 2 is 0.943 bits per heavy atom. The van der Waals surface area contributed by atoms with E-state index in [0.29, 0.717) is 25.0 Å². The van der Waals surface area contributed by atoms with Crippen LogP contribution in [0.2, 0.25) is 0 Å². The van der Waals surface area contributed by atoms with Crippen molar-refractivity contribution in [2.24, 2.45) is 11.8 Å². The van der Waals surface area contributed by atoms with Crippen LogP contribution in [-0.4, -0.2) is 58.6 Å². The largest absolute Gasteiger partial charge is 2.00 e. The Morgan fingerprint density at radius 1 is 0.743 bits per heavy atom. The Morgan fingerprint density at radius 3 is 1.09 bits per heavy atom. The molecular weight excluding hydrogens is 671 g/mol. The van der Waals surface area contributed by atoms with E-state index in [1.165, 1.54) is 0 Å². The number of esters is 2. The Balaban J connectivity index is -0.000000128. The maximum absolute atomic E-state index is 11.0. The molecule has 0 amide bonds. The van der Waals surface area contributed by atoms with Crippen LogP contribution in [0.1, 0.15) is 53.4 Å². The molecule has 0 saturated heterocycles. The molecule has 0 saturated carbocycles. The summed E-state index contributed by atoms with van der Waals surface area (Å²) in [5.41, 5.74) is -0.267. The summed E-state index contributed by atoms with van der Waals surface area (Å²) in [6.45, 7) is 15.5. The summed E-state index contributed by atoms with van der Waals surface area (Å²) < 4.78 is 25.9. The van der Waals surface area contributed by atoms with Gasteiger partial charge in [-0.2, -0.15) is 10.5 Å². The van der Waals surface area contributed by atoms with Crippen molar-refractivity contribution in [2.45, 2.75) is 53.4 Å². The summed E-state index contributed by atoms with van der Waals surface area (Å²) in [5.74, 6) is -0.435. The number of carbonyl (C=O) groups excluding carboxylic acids is 2. The van der Waals surface area contributed by atoms with Gasteiger partial charge in [-0.25, -0.2) is 9.59 Å². The van der Waals surface area contributed by atoms with E-state index in [2.05, 4.69) is 13.2 Å². The van der Waals surface area contributed by atoms with Crippen molar-refractivity contribution in [3.05, 3.63) is 24.3 Å². The normalized spacial score (nSPS) is 8.97. The zero-order chi connectivity index (χ0) is 27.7. The van der Waals surface area contributed by atoms with E-state index in [4.69, 9.17) is 28.4 Å². The van der Waals surface area contributed by atoms with Gasteiger partial charge in [0.05, 0.1) is 38.2 Å². The number of nitrogens with zero attached hydrogens (tertiary/aromatic N) is 2. The number of hydrogen-bond acceptors (Lipinski definition) is 6. The van der Waals surface area contributed by atoms with Crippen molar-refractivity contribution in [2.75, 3.05) is 38.2 Å². The van der Waals surface area contributed by atoms with Crippen LogP contribution in [0.25, 0.3) is 0 Å². The van der Waals surface area contributed by atoms with Gasteiger partial charge in [-0.05, 0) is 11.8 Å². The van der Waals surface area contributed by atoms with Crippen molar-refractivity contribution < 1.29 is 48.5 Å². The van der Waals surface area contributed by atoms with Gasteiger partial charge in [0.25, 0.3) is 0 Å². The number of hydrogen-bond donors (Lipinski definition) is 0. The molecular formula is C24H44N2O6PtS2+4. The first-order valence-corrected chi connectivity index (χ1v) is 14.8. The first-order valence-electron chi connectivity index (χ1n) is 10.8. The minimum atomic E-state index is -0.602. The molecule has 0 aromatic heterocycles. The smallest absolute Gasteiger partial charge is 0.461 e. The summed E-state index contributed by atoms with van der Waals surface area (Å²) in [6.07, 6.45) is 10.9. The predicted octanol–water partition coefficient (Wildman–Crippen LogP) is 4.39. The molecule has 8 nitrogen and oxygen atoms in total. The Labute approximate surface area is 231 Å². The van der Waals surface area contributed by atoms with Crippen LogP contribution in [-0.2, 0) is 61.7 Å². The molecule has 0 aliphatic heterocycles. The van der Waals surface area contributed by atoms with Crippen LogP contribution in [0, 0.1) is 34.5 Å². The third-order valence-electron chi connectivity index (χ3n) is 3.97. The molecule has 0 aromatic rings. The van der Waals surface area contributed by atoms with E-state index in [0.717, 1.165) is 25.7 Å². The van der Waals surface area contributed by atoms with Gasteiger partial charge >= 0.3 is 33.0 Å². The number of carbonyl (C=O) groups is 2. The summed E-state index contributed by atoms with van der Waals surface area (Å²) >= 11 is 0. The van der Waals surface area contributed by atoms with E-state index in [1.54, 1.807) is 37.2 Å². The SMILES string of the molecule is C=C(C#N)C(=O)OCC(CC)CC.C=C(C#N)C(=O)OCC(CC)CC.CS(C)=[OH+].CS(C)=[OH+].[Pt+2]. The zero-order valence-corrected chi connectivity index (χ0v) is 26.3. The van der Waals surface area contributed by atoms with Crippen LogP contribution >= 0.6 is 0 Å². The standard InChI is InChI=1S/2C10H15NO2.2C2H6OS.Pt/c2*1-4-9(5-2)7-13-10(12)8(3)6-11;2*1-4(2)3;/h2*9H,3-5,7H2,1-2H3;2*1-2H3;/q;;;;+2/p+2.